The van der Waals surface area contributed by atoms with Gasteiger partial charge in [-0.3, -0.25) is 19.4 Å². The van der Waals surface area contributed by atoms with Crippen molar-refractivity contribution in [3.8, 4) is 0 Å². The van der Waals surface area contributed by atoms with Crippen LogP contribution in [0.5, 0.6) is 0 Å². The van der Waals surface area contributed by atoms with Gasteiger partial charge in [0.05, 0.1) is 11.2 Å². The van der Waals surface area contributed by atoms with Gasteiger partial charge < -0.3 is 30.2 Å². The summed E-state index contributed by atoms with van der Waals surface area (Å²) in [6.45, 7) is 23.8. The van der Waals surface area contributed by atoms with Gasteiger partial charge in [0.1, 0.15) is 0 Å². The van der Waals surface area contributed by atoms with Gasteiger partial charge in [0.2, 0.25) is 0 Å². The molecular weight excluding hydrogens is 500 g/mol. The van der Waals surface area contributed by atoms with E-state index >= 15 is 0 Å². The summed E-state index contributed by atoms with van der Waals surface area (Å²) in [5.74, 6) is -1.67. The van der Waals surface area contributed by atoms with Crippen LogP contribution in [0, 0.1) is 6.92 Å². The monoisotopic (exact) mass is 552 g/mol. The summed E-state index contributed by atoms with van der Waals surface area (Å²) in [7, 11) is 0. The highest BCUT2D eigenvalue weighted by atomic mass is 16.4. The van der Waals surface area contributed by atoms with Crippen molar-refractivity contribution in [2.45, 2.75) is 85.6 Å². The molecule has 0 radical (unpaired) electrons. The molecule has 10 nitrogen and oxygen atoms in total. The molecule has 0 amide bonds. The second-order valence-electron chi connectivity index (χ2n) is 12.2. The molecule has 39 heavy (non-hydrogen) atoms. The van der Waals surface area contributed by atoms with Crippen LogP contribution in [0.1, 0.15) is 61.0 Å². The number of benzene rings is 1. The van der Waals surface area contributed by atoms with Crippen LogP contribution >= 0.6 is 0 Å². The van der Waals surface area contributed by atoms with Crippen LogP contribution in [0.15, 0.2) is 18.2 Å². The zero-order valence-corrected chi connectivity index (χ0v) is 25.4. The molecule has 10 heteroatoms. The molecule has 224 valence electrons. The molecule has 0 unspecified atom stereocenters. The molecule has 3 rings (SSSR count). The number of aliphatic hydroxyl groups is 2. The molecule has 0 bridgehead atoms. The molecule has 0 saturated carbocycles. The van der Waals surface area contributed by atoms with Crippen LogP contribution in [0.4, 0.5) is 11.4 Å². The second kappa shape index (κ2) is 14.8. The first-order chi connectivity index (χ1) is 17.8. The predicted octanol–water partition coefficient (Wildman–Crippen LogP) is 2.74. The minimum Gasteiger partial charge on any atom is -0.481 e. The summed E-state index contributed by atoms with van der Waals surface area (Å²) in [4.78, 5) is 27.8. The van der Waals surface area contributed by atoms with Crippen LogP contribution in [0.25, 0.3) is 0 Å². The number of hydrogen-bond acceptors (Lipinski definition) is 8. The number of carboxylic acid groups (broad SMARTS) is 2. The SMILES string of the molecule is CC(=O)O.CC(=O)O.Cc1cc(N2CCN(CC(C)(C)O)C[C@@H]2C)ccc1N1CCN(CC(C)(C)O)[C@@H](C)C1. The topological polar surface area (TPSA) is 128 Å². The van der Waals surface area contributed by atoms with E-state index in [9.17, 15) is 10.2 Å². The van der Waals surface area contributed by atoms with Gasteiger partial charge in [0, 0.05) is 89.7 Å². The summed E-state index contributed by atoms with van der Waals surface area (Å²) in [6.07, 6.45) is 0. The van der Waals surface area contributed by atoms with Crippen molar-refractivity contribution in [2.24, 2.45) is 0 Å². The van der Waals surface area contributed by atoms with Gasteiger partial charge >= 0.3 is 0 Å². The Balaban J connectivity index is 0.000000838. The molecule has 4 N–H and O–H groups in total. The molecule has 1 aromatic carbocycles. The molecule has 0 spiro atoms. The van der Waals surface area contributed by atoms with Gasteiger partial charge in [-0.2, -0.15) is 0 Å². The smallest absolute Gasteiger partial charge is 0.300 e. The van der Waals surface area contributed by atoms with Crippen LogP contribution in [-0.4, -0.2) is 118 Å². The lowest BCUT2D eigenvalue weighted by atomic mass is 10.0. The summed E-state index contributed by atoms with van der Waals surface area (Å²) >= 11 is 0. The number of aliphatic carboxylic acids is 2. The number of hydrogen-bond donors (Lipinski definition) is 4. The van der Waals surface area contributed by atoms with Gasteiger partial charge in [-0.25, -0.2) is 0 Å². The van der Waals surface area contributed by atoms with E-state index < -0.39 is 23.1 Å². The van der Waals surface area contributed by atoms with E-state index in [0.717, 1.165) is 66.2 Å². The van der Waals surface area contributed by atoms with E-state index in [1.165, 1.54) is 16.9 Å². The first-order valence-corrected chi connectivity index (χ1v) is 13.7. The Kier molecular flexibility index (Phi) is 13.2. The van der Waals surface area contributed by atoms with E-state index in [4.69, 9.17) is 19.8 Å². The quantitative estimate of drug-likeness (QED) is 0.418. The zero-order chi connectivity index (χ0) is 30.1. The van der Waals surface area contributed by atoms with Gasteiger partial charge in [-0.1, -0.05) is 0 Å². The first kappa shape index (κ1) is 34.6. The lowest BCUT2D eigenvalue weighted by Gasteiger charge is -2.44. The Hall–Kier alpha value is -2.40. The summed E-state index contributed by atoms with van der Waals surface area (Å²) in [5, 5.41) is 35.2. The minimum atomic E-state index is -0.833. The van der Waals surface area contributed by atoms with Gasteiger partial charge in [-0.15, -0.1) is 0 Å². The number of carbonyl (C=O) groups is 2. The van der Waals surface area contributed by atoms with Crippen molar-refractivity contribution in [2.75, 3.05) is 62.2 Å². The maximum atomic E-state index is 10.2. The highest BCUT2D eigenvalue weighted by Gasteiger charge is 2.30. The molecule has 2 saturated heterocycles. The molecule has 2 atom stereocenters. The molecule has 2 heterocycles. The third-order valence-corrected chi connectivity index (χ3v) is 6.53. The standard InChI is InChI=1S/C25H44N4O2.2C2H4O2/c1-19-14-22(29-13-10-26(15-21(29)3)17-24(4,5)30)8-9-23(19)27-11-12-28(20(2)16-27)18-25(6,7)31;2*1-2(3)4/h8-9,14,20-21,30-31H,10-13,15-18H2,1-7H3;2*1H3,(H,3,4)/t20-,21-;;/m0../s1. The van der Waals surface area contributed by atoms with Crippen molar-refractivity contribution < 1.29 is 30.0 Å². The van der Waals surface area contributed by atoms with Crippen LogP contribution in [0.3, 0.4) is 0 Å². The number of aryl methyl sites for hydroxylation is 1. The van der Waals surface area contributed by atoms with Crippen LogP contribution < -0.4 is 9.80 Å². The fraction of sp³-hybridized carbons (Fsp3) is 0.724. The lowest BCUT2D eigenvalue weighted by molar-refractivity contribution is -0.135. The number of carboxylic acids is 2. The number of piperazine rings is 2. The van der Waals surface area contributed by atoms with Crippen LogP contribution in [-0.2, 0) is 9.59 Å². The van der Waals surface area contributed by atoms with Gasteiger partial charge in [0.25, 0.3) is 11.9 Å². The minimum absolute atomic E-state index is 0.420. The van der Waals surface area contributed by atoms with Crippen molar-refractivity contribution >= 4 is 23.3 Å². The van der Waals surface area contributed by atoms with E-state index in [2.05, 4.69) is 58.6 Å². The van der Waals surface area contributed by atoms with E-state index in [1.807, 2.05) is 27.7 Å². The normalized spacial score (nSPS) is 20.9. The Morgan fingerprint density at radius 2 is 1.38 bits per heavy atom. The Morgan fingerprint density at radius 1 is 0.846 bits per heavy atom. The van der Waals surface area contributed by atoms with Crippen LogP contribution in [0.2, 0.25) is 0 Å². The lowest BCUT2D eigenvalue weighted by Crippen LogP contribution is -2.55. The van der Waals surface area contributed by atoms with Gasteiger partial charge in [0.15, 0.2) is 0 Å². The average molecular weight is 553 g/mol. The molecule has 2 fully saturated rings. The second-order valence-corrected chi connectivity index (χ2v) is 12.2. The van der Waals surface area contributed by atoms with E-state index in [1.54, 1.807) is 0 Å². The van der Waals surface area contributed by atoms with Crippen molar-refractivity contribution in [1.29, 1.82) is 0 Å². The summed E-state index contributed by atoms with van der Waals surface area (Å²) in [5.41, 5.74) is 2.65. The highest BCUT2D eigenvalue weighted by molar-refractivity contribution is 5.63. The molecular formula is C29H52N4O6. The maximum Gasteiger partial charge on any atom is 0.300 e. The third kappa shape index (κ3) is 13.5. The number of nitrogens with zero attached hydrogens (tertiary/aromatic N) is 4. The Morgan fingerprint density at radius 3 is 1.82 bits per heavy atom. The Bertz CT molecular complexity index is 907. The molecule has 2 aliphatic rings. The maximum absolute atomic E-state index is 10.2. The van der Waals surface area contributed by atoms with Crippen molar-refractivity contribution in [3.05, 3.63) is 23.8 Å². The summed E-state index contributed by atoms with van der Waals surface area (Å²) in [6, 6.07) is 7.75. The fourth-order valence-electron chi connectivity index (χ4n) is 5.23. The Labute approximate surface area is 234 Å². The summed E-state index contributed by atoms with van der Waals surface area (Å²) < 4.78 is 0. The number of rotatable bonds is 6. The van der Waals surface area contributed by atoms with E-state index in [0.29, 0.717) is 12.1 Å². The number of β-amino-alcohol motifs (C(OH)–C–C–N with tert-alkyl or cyclic N) is 2. The average Bonchev–Trinajstić information content (AvgIpc) is 2.72. The molecule has 0 aliphatic carbocycles. The third-order valence-electron chi connectivity index (χ3n) is 6.53. The highest BCUT2D eigenvalue weighted by Crippen LogP contribution is 2.30. The number of anilines is 2. The molecule has 0 aromatic heterocycles. The largest absolute Gasteiger partial charge is 0.481 e. The van der Waals surface area contributed by atoms with E-state index in [-0.39, 0.29) is 0 Å². The first-order valence-electron chi connectivity index (χ1n) is 13.7. The molecule has 1 aromatic rings. The molecule has 2 aliphatic heterocycles. The fourth-order valence-corrected chi connectivity index (χ4v) is 5.23. The predicted molar refractivity (Wildman–Crippen MR) is 157 cm³/mol. The van der Waals surface area contributed by atoms with Crippen molar-refractivity contribution in [1.82, 2.24) is 9.80 Å². The van der Waals surface area contributed by atoms with Gasteiger partial charge in [-0.05, 0) is 72.2 Å². The van der Waals surface area contributed by atoms with Crippen molar-refractivity contribution in [3.63, 3.8) is 0 Å². The zero-order valence-electron chi connectivity index (χ0n) is 25.4.